The lowest BCUT2D eigenvalue weighted by Crippen LogP contribution is -2.50. The second kappa shape index (κ2) is 8.64. The van der Waals surface area contributed by atoms with Crippen LogP contribution in [0.5, 0.6) is 5.75 Å². The van der Waals surface area contributed by atoms with Crippen molar-refractivity contribution in [2.24, 2.45) is 0 Å². The van der Waals surface area contributed by atoms with Crippen LogP contribution in [0.15, 0.2) is 18.2 Å². The lowest BCUT2D eigenvalue weighted by Gasteiger charge is -2.42. The molecule has 1 amide bonds. The normalized spacial score (nSPS) is 23.8. The van der Waals surface area contributed by atoms with Crippen molar-refractivity contribution in [1.29, 1.82) is 0 Å². The average molecular weight is 385 g/mol. The zero-order valence-corrected chi connectivity index (χ0v) is 16.7. The number of hydrogen-bond acceptors (Lipinski definition) is 4. The summed E-state index contributed by atoms with van der Waals surface area (Å²) in [7, 11) is 0. The minimum Gasteiger partial charge on any atom is -0.508 e. The summed E-state index contributed by atoms with van der Waals surface area (Å²) in [6.45, 7) is 2.03. The van der Waals surface area contributed by atoms with Crippen LogP contribution in [0.3, 0.4) is 0 Å². The third-order valence-electron chi connectivity index (χ3n) is 6.79. The van der Waals surface area contributed by atoms with Crippen molar-refractivity contribution in [3.63, 3.8) is 0 Å². The zero-order chi connectivity index (χ0) is 19.5. The molecule has 1 aromatic rings. The molecular weight excluding hydrogens is 352 g/mol. The quantitative estimate of drug-likeness (QED) is 0.788. The molecule has 1 N–H and O–H groups in total. The summed E-state index contributed by atoms with van der Waals surface area (Å²) in [5, 5.41) is 9.98. The molecule has 5 heteroatoms. The van der Waals surface area contributed by atoms with Gasteiger partial charge in [-0.1, -0.05) is 38.2 Å². The highest BCUT2D eigenvalue weighted by Gasteiger charge is 2.35. The van der Waals surface area contributed by atoms with E-state index in [1.54, 1.807) is 18.2 Å². The molecule has 1 aliphatic carbocycles. The van der Waals surface area contributed by atoms with E-state index in [9.17, 15) is 14.7 Å². The monoisotopic (exact) mass is 384 g/mol. The molecule has 3 aliphatic rings. The van der Waals surface area contributed by atoms with Gasteiger partial charge in [0.2, 0.25) is 5.91 Å². The summed E-state index contributed by atoms with van der Waals surface area (Å²) >= 11 is 0. The summed E-state index contributed by atoms with van der Waals surface area (Å²) < 4.78 is 0. The number of nitrogens with zero attached hydrogens (tertiary/aromatic N) is 2. The fourth-order valence-electron chi connectivity index (χ4n) is 5.30. The van der Waals surface area contributed by atoms with E-state index in [2.05, 4.69) is 4.90 Å². The molecule has 152 valence electrons. The van der Waals surface area contributed by atoms with Crippen LogP contribution >= 0.6 is 0 Å². The number of phenols is 1. The molecule has 1 saturated heterocycles. The van der Waals surface area contributed by atoms with E-state index in [1.165, 1.54) is 44.9 Å². The first-order valence-corrected chi connectivity index (χ1v) is 11.0. The van der Waals surface area contributed by atoms with E-state index in [4.69, 9.17) is 0 Å². The predicted molar refractivity (Wildman–Crippen MR) is 110 cm³/mol. The summed E-state index contributed by atoms with van der Waals surface area (Å²) in [5.41, 5.74) is 1.59. The van der Waals surface area contributed by atoms with E-state index in [-0.39, 0.29) is 36.3 Å². The molecule has 2 aliphatic heterocycles. The number of fused-ring (bicyclic) bond motifs is 1. The Hall–Kier alpha value is -1.88. The Labute approximate surface area is 167 Å². The lowest BCUT2D eigenvalue weighted by molar-refractivity contribution is -0.126. The SMILES string of the molecule is O=C1CC(=O)N(C2CCN(C3CCCCCCC3)CC2)c2cc(O)ccc2C1. The maximum Gasteiger partial charge on any atom is 0.234 e. The number of likely N-dealkylation sites (tertiary alicyclic amines) is 1. The lowest BCUT2D eigenvalue weighted by atomic mass is 9.93. The summed E-state index contributed by atoms with van der Waals surface area (Å²) in [6.07, 6.45) is 11.5. The van der Waals surface area contributed by atoms with Crippen molar-refractivity contribution in [3.8, 4) is 5.75 Å². The molecule has 0 radical (unpaired) electrons. The molecule has 5 nitrogen and oxygen atoms in total. The molecule has 1 aromatic carbocycles. The van der Waals surface area contributed by atoms with Gasteiger partial charge in [0.05, 0.1) is 12.1 Å². The smallest absolute Gasteiger partial charge is 0.234 e. The first-order valence-electron chi connectivity index (χ1n) is 11.0. The average Bonchev–Trinajstić information content (AvgIpc) is 2.76. The van der Waals surface area contributed by atoms with Crippen molar-refractivity contribution in [2.45, 2.75) is 82.7 Å². The van der Waals surface area contributed by atoms with Crippen LogP contribution < -0.4 is 4.90 Å². The van der Waals surface area contributed by atoms with E-state index in [0.717, 1.165) is 37.2 Å². The number of rotatable bonds is 2. The second-order valence-electron chi connectivity index (χ2n) is 8.74. The third kappa shape index (κ3) is 4.24. The van der Waals surface area contributed by atoms with Gasteiger partial charge in [-0.25, -0.2) is 0 Å². The molecule has 28 heavy (non-hydrogen) atoms. The molecule has 4 rings (SSSR count). The summed E-state index contributed by atoms with van der Waals surface area (Å²) in [5.74, 6) is 0.00278. The van der Waals surface area contributed by atoms with Crippen LogP contribution in [0, 0.1) is 0 Å². The van der Waals surface area contributed by atoms with Gasteiger partial charge in [-0.3, -0.25) is 9.59 Å². The maximum atomic E-state index is 12.9. The van der Waals surface area contributed by atoms with Crippen molar-refractivity contribution >= 4 is 17.4 Å². The van der Waals surface area contributed by atoms with Crippen LogP contribution in [0.2, 0.25) is 0 Å². The number of phenolic OH excluding ortho intramolecular Hbond substituents is 1. The molecule has 2 fully saturated rings. The number of carbonyl (C=O) groups is 2. The van der Waals surface area contributed by atoms with Crippen molar-refractivity contribution in [2.75, 3.05) is 18.0 Å². The van der Waals surface area contributed by atoms with Gasteiger partial charge >= 0.3 is 0 Å². The number of ketones is 1. The van der Waals surface area contributed by atoms with Gasteiger partial charge < -0.3 is 14.9 Å². The van der Waals surface area contributed by atoms with Crippen LogP contribution in [-0.4, -0.2) is 46.9 Å². The van der Waals surface area contributed by atoms with Crippen LogP contribution in [0.25, 0.3) is 0 Å². The van der Waals surface area contributed by atoms with Gasteiger partial charge in [0.25, 0.3) is 0 Å². The zero-order valence-electron chi connectivity index (χ0n) is 16.7. The highest BCUT2D eigenvalue weighted by molar-refractivity contribution is 6.09. The standard InChI is InChI=1S/C23H32N2O3/c26-20-9-8-17-14-21(27)16-23(28)25(22(17)15-20)19-10-12-24(13-11-19)18-6-4-2-1-3-5-7-18/h8-9,15,18-19,26H,1-7,10-14,16H2. The van der Waals surface area contributed by atoms with Gasteiger partial charge in [0, 0.05) is 37.7 Å². The predicted octanol–water partition coefficient (Wildman–Crippen LogP) is 3.82. The van der Waals surface area contributed by atoms with Crippen molar-refractivity contribution in [1.82, 2.24) is 4.90 Å². The molecule has 0 spiro atoms. The highest BCUT2D eigenvalue weighted by atomic mass is 16.3. The molecule has 0 unspecified atom stereocenters. The Morgan fingerprint density at radius 3 is 2.21 bits per heavy atom. The minimum absolute atomic E-state index is 0.0295. The number of piperidine rings is 1. The van der Waals surface area contributed by atoms with E-state index < -0.39 is 0 Å². The van der Waals surface area contributed by atoms with Gasteiger partial charge in [-0.05, 0) is 37.3 Å². The van der Waals surface area contributed by atoms with Crippen molar-refractivity contribution < 1.29 is 14.7 Å². The number of hydrogen-bond donors (Lipinski definition) is 1. The van der Waals surface area contributed by atoms with Gasteiger partial charge in [0.15, 0.2) is 0 Å². The molecule has 0 atom stereocenters. The summed E-state index contributed by atoms with van der Waals surface area (Å²) in [6, 6.07) is 5.87. The van der Waals surface area contributed by atoms with E-state index in [1.807, 2.05) is 4.90 Å². The second-order valence-corrected chi connectivity index (χ2v) is 8.74. The Morgan fingerprint density at radius 2 is 1.50 bits per heavy atom. The first-order chi connectivity index (χ1) is 13.6. The van der Waals surface area contributed by atoms with Crippen molar-refractivity contribution in [3.05, 3.63) is 23.8 Å². The number of aromatic hydroxyl groups is 1. The third-order valence-corrected chi connectivity index (χ3v) is 6.79. The molecule has 2 heterocycles. The highest BCUT2D eigenvalue weighted by Crippen LogP contribution is 2.34. The summed E-state index contributed by atoms with van der Waals surface area (Å²) in [4.78, 5) is 29.5. The number of Topliss-reactive ketones (excluding diaryl/α,β-unsaturated/α-hetero) is 1. The first kappa shape index (κ1) is 19.4. The molecular formula is C23H32N2O3. The fourth-order valence-corrected chi connectivity index (χ4v) is 5.30. The van der Waals surface area contributed by atoms with Crippen LogP contribution in [0.4, 0.5) is 5.69 Å². The number of amides is 1. The maximum absolute atomic E-state index is 12.9. The Balaban J connectivity index is 1.48. The Bertz CT molecular complexity index is 717. The minimum atomic E-state index is -0.112. The number of carbonyl (C=O) groups excluding carboxylic acids is 2. The van der Waals surface area contributed by atoms with E-state index in [0.29, 0.717) is 6.04 Å². The fraction of sp³-hybridized carbons (Fsp3) is 0.652. The van der Waals surface area contributed by atoms with Gasteiger partial charge in [-0.15, -0.1) is 0 Å². The van der Waals surface area contributed by atoms with Crippen LogP contribution in [0.1, 0.15) is 69.8 Å². The van der Waals surface area contributed by atoms with E-state index >= 15 is 0 Å². The number of anilines is 1. The van der Waals surface area contributed by atoms with Crippen LogP contribution in [-0.2, 0) is 16.0 Å². The Morgan fingerprint density at radius 1 is 0.821 bits per heavy atom. The van der Waals surface area contributed by atoms with Gasteiger partial charge in [-0.2, -0.15) is 0 Å². The molecule has 0 aromatic heterocycles. The topological polar surface area (TPSA) is 60.9 Å². The van der Waals surface area contributed by atoms with Gasteiger partial charge in [0.1, 0.15) is 11.5 Å². The largest absolute Gasteiger partial charge is 0.508 e. The Kier molecular flexibility index (Phi) is 6.00. The number of benzene rings is 1. The molecule has 1 saturated carbocycles. The molecule has 0 bridgehead atoms.